The largest absolute Gasteiger partial charge is 0.399 e. The van der Waals surface area contributed by atoms with Crippen LogP contribution in [0.15, 0.2) is 23.1 Å². The third-order valence-corrected chi connectivity index (χ3v) is 5.22. The summed E-state index contributed by atoms with van der Waals surface area (Å²) in [6, 6.07) is 6.21. The molecule has 1 aromatic rings. The molecule has 1 saturated carbocycles. The molecule has 0 amide bonds. The van der Waals surface area contributed by atoms with Crippen molar-refractivity contribution in [2.75, 3.05) is 5.73 Å². The molecule has 1 aliphatic rings. The lowest BCUT2D eigenvalue weighted by Crippen LogP contribution is -1.95. The minimum absolute atomic E-state index is 0.840. The second-order valence-electron chi connectivity index (χ2n) is 3.71. The highest BCUT2D eigenvalue weighted by Crippen LogP contribution is 2.37. The molecule has 76 valence electrons. The molecule has 0 saturated heterocycles. The van der Waals surface area contributed by atoms with Gasteiger partial charge >= 0.3 is 0 Å². The Kier molecular flexibility index (Phi) is 3.60. The average Bonchev–Trinajstić information content (AvgIpc) is 2.62. The maximum atomic E-state index is 5.72. The molecule has 0 bridgehead atoms. The monoisotopic (exact) mass is 319 g/mol. The highest BCUT2D eigenvalue weighted by Gasteiger charge is 2.16. The van der Waals surface area contributed by atoms with Crippen LogP contribution in [0.25, 0.3) is 0 Å². The predicted octanol–water partition coefficient (Wildman–Crippen LogP) is 3.91. The first-order valence-corrected chi connectivity index (χ1v) is 6.93. The molecule has 2 N–H and O–H groups in total. The van der Waals surface area contributed by atoms with Crippen LogP contribution >= 0.6 is 34.4 Å². The zero-order chi connectivity index (χ0) is 9.97. The summed E-state index contributed by atoms with van der Waals surface area (Å²) in [7, 11) is 0. The lowest BCUT2D eigenvalue weighted by molar-refractivity contribution is 0.886. The maximum absolute atomic E-state index is 5.72. The molecule has 0 spiro atoms. The van der Waals surface area contributed by atoms with Crippen LogP contribution in [0.4, 0.5) is 5.69 Å². The molecule has 2 rings (SSSR count). The summed E-state index contributed by atoms with van der Waals surface area (Å²) in [5, 5.41) is 0.840. The molecule has 0 aromatic heterocycles. The van der Waals surface area contributed by atoms with E-state index in [-0.39, 0.29) is 0 Å². The Hall–Kier alpha value is 0.1000. The van der Waals surface area contributed by atoms with Gasteiger partial charge in [-0.25, -0.2) is 0 Å². The topological polar surface area (TPSA) is 26.0 Å². The first-order chi connectivity index (χ1) is 6.75. The number of anilines is 1. The summed E-state index contributed by atoms with van der Waals surface area (Å²) >= 11 is 4.40. The average molecular weight is 319 g/mol. The summed E-state index contributed by atoms with van der Waals surface area (Å²) in [5.74, 6) is 0. The van der Waals surface area contributed by atoms with Crippen molar-refractivity contribution in [3.63, 3.8) is 0 Å². The molecule has 1 aromatic carbocycles. The molecule has 14 heavy (non-hydrogen) atoms. The quantitative estimate of drug-likeness (QED) is 0.661. The predicted molar refractivity (Wildman–Crippen MR) is 71.7 cm³/mol. The lowest BCUT2D eigenvalue weighted by atomic mass is 10.3. The normalized spacial score (nSPS) is 17.5. The van der Waals surface area contributed by atoms with Gasteiger partial charge in [0.15, 0.2) is 0 Å². The third kappa shape index (κ3) is 2.57. The van der Waals surface area contributed by atoms with Crippen LogP contribution in [0.2, 0.25) is 0 Å². The Balaban J connectivity index is 2.08. The highest BCUT2D eigenvalue weighted by molar-refractivity contribution is 14.1. The van der Waals surface area contributed by atoms with E-state index in [9.17, 15) is 0 Å². The van der Waals surface area contributed by atoms with Gasteiger partial charge in [0.2, 0.25) is 0 Å². The van der Waals surface area contributed by atoms with Crippen LogP contribution in [0.1, 0.15) is 25.7 Å². The first kappa shape index (κ1) is 10.6. The molecule has 0 unspecified atom stereocenters. The van der Waals surface area contributed by atoms with Crippen LogP contribution in [-0.4, -0.2) is 5.25 Å². The molecule has 1 nitrogen and oxygen atoms in total. The second-order valence-corrected chi connectivity index (χ2v) is 6.22. The van der Waals surface area contributed by atoms with E-state index in [1.54, 1.807) is 0 Å². The van der Waals surface area contributed by atoms with Gasteiger partial charge in [-0.2, -0.15) is 0 Å². The Morgan fingerprint density at radius 1 is 1.29 bits per heavy atom. The summed E-state index contributed by atoms with van der Waals surface area (Å²) in [6.07, 6.45) is 5.57. The Bertz CT molecular complexity index is 321. The Labute approximate surface area is 103 Å². The minimum atomic E-state index is 0.840. The minimum Gasteiger partial charge on any atom is -0.399 e. The van der Waals surface area contributed by atoms with Crippen molar-refractivity contribution >= 4 is 40.0 Å². The summed E-state index contributed by atoms with van der Waals surface area (Å²) in [4.78, 5) is 1.40. The van der Waals surface area contributed by atoms with Gasteiger partial charge in [-0.05, 0) is 53.6 Å². The van der Waals surface area contributed by atoms with E-state index in [2.05, 4.69) is 34.7 Å². The fourth-order valence-electron chi connectivity index (χ4n) is 1.80. The highest BCUT2D eigenvalue weighted by atomic mass is 127. The van der Waals surface area contributed by atoms with Gasteiger partial charge in [-0.15, -0.1) is 11.8 Å². The van der Waals surface area contributed by atoms with Gasteiger partial charge in [-0.1, -0.05) is 12.8 Å². The van der Waals surface area contributed by atoms with Gasteiger partial charge in [0.25, 0.3) is 0 Å². The SMILES string of the molecule is Nc1ccc(SC2CCCC2)c(I)c1. The van der Waals surface area contributed by atoms with E-state index in [0.717, 1.165) is 10.9 Å². The van der Waals surface area contributed by atoms with E-state index < -0.39 is 0 Å². The number of nitrogen functional groups attached to an aromatic ring is 1. The van der Waals surface area contributed by atoms with Gasteiger partial charge in [0.05, 0.1) is 0 Å². The third-order valence-electron chi connectivity index (χ3n) is 2.55. The van der Waals surface area contributed by atoms with Crippen LogP contribution < -0.4 is 5.73 Å². The van der Waals surface area contributed by atoms with E-state index in [0.29, 0.717) is 0 Å². The van der Waals surface area contributed by atoms with Gasteiger partial charge in [-0.3, -0.25) is 0 Å². The van der Waals surface area contributed by atoms with Crippen molar-refractivity contribution in [1.82, 2.24) is 0 Å². The molecule has 1 aliphatic carbocycles. The van der Waals surface area contributed by atoms with E-state index in [1.165, 1.54) is 34.1 Å². The Morgan fingerprint density at radius 2 is 2.00 bits per heavy atom. The number of hydrogen-bond acceptors (Lipinski definition) is 2. The lowest BCUT2D eigenvalue weighted by Gasteiger charge is -2.10. The molecule has 0 aliphatic heterocycles. The summed E-state index contributed by atoms with van der Waals surface area (Å²) in [6.45, 7) is 0. The molecule has 0 heterocycles. The zero-order valence-corrected chi connectivity index (χ0v) is 11.0. The Morgan fingerprint density at radius 3 is 2.64 bits per heavy atom. The smallest absolute Gasteiger partial charge is 0.0325 e. The zero-order valence-electron chi connectivity index (χ0n) is 8.00. The van der Waals surface area contributed by atoms with E-state index >= 15 is 0 Å². The van der Waals surface area contributed by atoms with Crippen LogP contribution in [0, 0.1) is 3.57 Å². The molecular weight excluding hydrogens is 305 g/mol. The van der Waals surface area contributed by atoms with Crippen molar-refractivity contribution < 1.29 is 0 Å². The van der Waals surface area contributed by atoms with Crippen molar-refractivity contribution in [3.8, 4) is 0 Å². The van der Waals surface area contributed by atoms with Crippen molar-refractivity contribution in [2.24, 2.45) is 0 Å². The van der Waals surface area contributed by atoms with Crippen molar-refractivity contribution in [1.29, 1.82) is 0 Å². The summed E-state index contributed by atoms with van der Waals surface area (Å²) in [5.41, 5.74) is 6.59. The molecule has 0 atom stereocenters. The number of benzene rings is 1. The second kappa shape index (κ2) is 4.75. The fourth-order valence-corrected chi connectivity index (χ4v) is 3.97. The number of hydrogen-bond donors (Lipinski definition) is 1. The van der Waals surface area contributed by atoms with Crippen molar-refractivity contribution in [2.45, 2.75) is 35.8 Å². The standard InChI is InChI=1S/C11H14INS/c12-10-7-8(13)5-6-11(10)14-9-3-1-2-4-9/h5-7,9H,1-4,13H2. The molecular formula is C11H14INS. The van der Waals surface area contributed by atoms with Crippen molar-refractivity contribution in [3.05, 3.63) is 21.8 Å². The fraction of sp³-hybridized carbons (Fsp3) is 0.455. The maximum Gasteiger partial charge on any atom is 0.0325 e. The van der Waals surface area contributed by atoms with Crippen LogP contribution in [0.5, 0.6) is 0 Å². The first-order valence-electron chi connectivity index (χ1n) is 4.97. The number of halogens is 1. The van der Waals surface area contributed by atoms with Crippen LogP contribution in [-0.2, 0) is 0 Å². The van der Waals surface area contributed by atoms with E-state index in [4.69, 9.17) is 5.73 Å². The molecule has 0 radical (unpaired) electrons. The number of rotatable bonds is 2. The van der Waals surface area contributed by atoms with Crippen LogP contribution in [0.3, 0.4) is 0 Å². The van der Waals surface area contributed by atoms with E-state index in [1.807, 2.05) is 17.8 Å². The molecule has 1 fully saturated rings. The van der Waals surface area contributed by atoms with Gasteiger partial charge in [0, 0.05) is 19.4 Å². The molecule has 3 heteroatoms. The van der Waals surface area contributed by atoms with Gasteiger partial charge < -0.3 is 5.73 Å². The number of thioether (sulfide) groups is 1. The number of nitrogens with two attached hydrogens (primary N) is 1. The summed E-state index contributed by atoms with van der Waals surface area (Å²) < 4.78 is 1.29. The van der Waals surface area contributed by atoms with Gasteiger partial charge in [0.1, 0.15) is 0 Å².